The molecule has 4 N–H and O–H groups in total. The highest BCUT2D eigenvalue weighted by molar-refractivity contribution is 5.78. The number of anilines is 2. The number of hydrazine groups is 1. The fraction of sp³-hybridized carbons (Fsp3) is 0.417. The Bertz CT molecular complexity index is 534. The zero-order valence-electron chi connectivity index (χ0n) is 11.1. The molecule has 8 heteroatoms. The normalized spacial score (nSPS) is 18.8. The van der Waals surface area contributed by atoms with Gasteiger partial charge in [0.2, 0.25) is 5.91 Å². The minimum atomic E-state index is -0.477. The lowest BCUT2D eigenvalue weighted by atomic mass is 10.0. The Morgan fingerprint density at radius 3 is 2.75 bits per heavy atom. The molecular weight excluding hydrogens is 262 g/mol. The van der Waals surface area contributed by atoms with E-state index >= 15 is 0 Å². The number of benzene rings is 1. The van der Waals surface area contributed by atoms with Gasteiger partial charge < -0.3 is 15.6 Å². The SMILES string of the molecule is CN1CC(Nc2cccc(NN)c2[N+](=O)[O-])CCC1=O. The molecule has 1 aliphatic rings. The Balaban J connectivity index is 2.21. The first-order chi connectivity index (χ1) is 9.52. The number of nitrogen functional groups attached to an aromatic ring is 1. The van der Waals surface area contributed by atoms with E-state index in [1.807, 2.05) is 0 Å². The van der Waals surface area contributed by atoms with Gasteiger partial charge in [0, 0.05) is 26.1 Å². The number of likely N-dealkylation sites (tertiary alicyclic amines) is 1. The Morgan fingerprint density at radius 2 is 2.15 bits per heavy atom. The summed E-state index contributed by atoms with van der Waals surface area (Å²) >= 11 is 0. The Morgan fingerprint density at radius 1 is 1.45 bits per heavy atom. The minimum absolute atomic E-state index is 0.00979. The van der Waals surface area contributed by atoms with Crippen molar-refractivity contribution in [1.29, 1.82) is 0 Å². The fourth-order valence-electron chi connectivity index (χ4n) is 2.32. The van der Waals surface area contributed by atoms with Crippen molar-refractivity contribution < 1.29 is 9.72 Å². The second-order valence-electron chi connectivity index (χ2n) is 4.76. The lowest BCUT2D eigenvalue weighted by Crippen LogP contribution is -2.43. The standard InChI is InChI=1S/C12H17N5O3/c1-16-7-8(5-6-11(16)18)14-9-3-2-4-10(15-13)12(9)17(19)20/h2-4,8,14-15H,5-7,13H2,1H3. The number of carbonyl (C=O) groups is 1. The maximum absolute atomic E-state index is 11.4. The van der Waals surface area contributed by atoms with Crippen LogP contribution in [0.25, 0.3) is 0 Å². The van der Waals surface area contributed by atoms with E-state index in [2.05, 4.69) is 10.7 Å². The summed E-state index contributed by atoms with van der Waals surface area (Å²) in [6.07, 6.45) is 1.09. The lowest BCUT2D eigenvalue weighted by Gasteiger charge is -2.30. The van der Waals surface area contributed by atoms with Crippen molar-refractivity contribution in [2.75, 3.05) is 24.3 Å². The molecule has 1 aliphatic heterocycles. The quantitative estimate of drug-likeness (QED) is 0.429. The second kappa shape index (κ2) is 5.74. The van der Waals surface area contributed by atoms with E-state index in [4.69, 9.17) is 5.84 Å². The highest BCUT2D eigenvalue weighted by atomic mass is 16.6. The van der Waals surface area contributed by atoms with Crippen molar-refractivity contribution in [3.63, 3.8) is 0 Å². The number of hydrogen-bond acceptors (Lipinski definition) is 6. The van der Waals surface area contributed by atoms with Gasteiger partial charge in [-0.25, -0.2) is 0 Å². The van der Waals surface area contributed by atoms with Crippen LogP contribution in [0.4, 0.5) is 17.1 Å². The number of hydrogen-bond donors (Lipinski definition) is 3. The third-order valence-corrected chi connectivity index (χ3v) is 3.36. The smallest absolute Gasteiger partial charge is 0.316 e. The van der Waals surface area contributed by atoms with Crippen molar-refractivity contribution >= 4 is 23.0 Å². The summed E-state index contributed by atoms with van der Waals surface area (Å²) < 4.78 is 0. The van der Waals surface area contributed by atoms with E-state index in [1.54, 1.807) is 30.1 Å². The predicted molar refractivity (Wildman–Crippen MR) is 75.2 cm³/mol. The molecule has 108 valence electrons. The summed E-state index contributed by atoms with van der Waals surface area (Å²) in [6, 6.07) is 4.85. The van der Waals surface area contributed by atoms with E-state index in [0.717, 1.165) is 0 Å². The van der Waals surface area contributed by atoms with Gasteiger partial charge in [0.1, 0.15) is 11.4 Å². The van der Waals surface area contributed by atoms with Crippen LogP contribution in [0.3, 0.4) is 0 Å². The topological polar surface area (TPSA) is 114 Å². The number of nitro benzene ring substituents is 1. The number of para-hydroxylation sites is 1. The molecule has 1 heterocycles. The first kappa shape index (κ1) is 14.1. The molecule has 1 amide bonds. The maximum Gasteiger partial charge on any atom is 0.316 e. The average molecular weight is 279 g/mol. The van der Waals surface area contributed by atoms with Crippen LogP contribution in [-0.4, -0.2) is 35.4 Å². The molecule has 1 saturated heterocycles. The molecule has 0 saturated carbocycles. The van der Waals surface area contributed by atoms with Gasteiger partial charge in [0.25, 0.3) is 0 Å². The van der Waals surface area contributed by atoms with Gasteiger partial charge in [-0.2, -0.15) is 0 Å². The fourth-order valence-corrected chi connectivity index (χ4v) is 2.32. The van der Waals surface area contributed by atoms with Gasteiger partial charge >= 0.3 is 5.69 Å². The Labute approximate surface area is 116 Å². The zero-order chi connectivity index (χ0) is 14.7. The number of rotatable bonds is 4. The van der Waals surface area contributed by atoms with Crippen LogP contribution in [0.15, 0.2) is 18.2 Å². The molecule has 2 rings (SSSR count). The Hall–Kier alpha value is -2.35. The van der Waals surface area contributed by atoms with Gasteiger partial charge in [-0.3, -0.25) is 20.8 Å². The molecule has 8 nitrogen and oxygen atoms in total. The van der Waals surface area contributed by atoms with Crippen LogP contribution in [0, 0.1) is 10.1 Å². The van der Waals surface area contributed by atoms with Gasteiger partial charge in [-0.1, -0.05) is 6.07 Å². The molecule has 1 aromatic carbocycles. The molecule has 1 atom stereocenters. The highest BCUT2D eigenvalue weighted by Gasteiger charge is 2.26. The van der Waals surface area contributed by atoms with Crippen LogP contribution in [0.1, 0.15) is 12.8 Å². The zero-order valence-corrected chi connectivity index (χ0v) is 11.1. The molecule has 1 unspecified atom stereocenters. The molecule has 0 aromatic heterocycles. The summed E-state index contributed by atoms with van der Waals surface area (Å²) in [5.41, 5.74) is 2.89. The number of nitro groups is 1. The van der Waals surface area contributed by atoms with Gasteiger partial charge in [0.15, 0.2) is 0 Å². The van der Waals surface area contributed by atoms with E-state index in [0.29, 0.717) is 25.1 Å². The number of likely N-dealkylation sites (N-methyl/N-ethyl adjacent to an activating group) is 1. The summed E-state index contributed by atoms with van der Waals surface area (Å²) in [5, 5.41) is 14.3. The molecule has 1 aromatic rings. The number of amides is 1. The third kappa shape index (κ3) is 2.80. The van der Waals surface area contributed by atoms with Crippen LogP contribution in [0.2, 0.25) is 0 Å². The minimum Gasteiger partial charge on any atom is -0.375 e. The molecule has 0 spiro atoms. The molecule has 20 heavy (non-hydrogen) atoms. The van der Waals surface area contributed by atoms with Crippen molar-refractivity contribution in [3.05, 3.63) is 28.3 Å². The number of nitrogens with zero attached hydrogens (tertiary/aromatic N) is 2. The van der Waals surface area contributed by atoms with E-state index in [1.165, 1.54) is 0 Å². The van der Waals surface area contributed by atoms with Gasteiger partial charge in [-0.05, 0) is 18.6 Å². The monoisotopic (exact) mass is 279 g/mol. The first-order valence-electron chi connectivity index (χ1n) is 6.27. The Kier molecular flexibility index (Phi) is 4.04. The van der Waals surface area contributed by atoms with Crippen molar-refractivity contribution in [3.8, 4) is 0 Å². The van der Waals surface area contributed by atoms with Gasteiger partial charge in [-0.15, -0.1) is 0 Å². The van der Waals surface area contributed by atoms with E-state index < -0.39 is 4.92 Å². The van der Waals surface area contributed by atoms with Crippen LogP contribution < -0.4 is 16.6 Å². The van der Waals surface area contributed by atoms with Gasteiger partial charge in [0.05, 0.1) is 4.92 Å². The summed E-state index contributed by atoms with van der Waals surface area (Å²) in [5.74, 6) is 5.39. The third-order valence-electron chi connectivity index (χ3n) is 3.36. The number of nitrogens with two attached hydrogens (primary N) is 1. The van der Waals surface area contributed by atoms with Crippen LogP contribution in [-0.2, 0) is 4.79 Å². The van der Waals surface area contributed by atoms with E-state index in [9.17, 15) is 14.9 Å². The average Bonchev–Trinajstić information content (AvgIpc) is 2.42. The largest absolute Gasteiger partial charge is 0.375 e. The number of carbonyl (C=O) groups excluding carboxylic acids is 1. The highest BCUT2D eigenvalue weighted by Crippen LogP contribution is 2.33. The number of piperidine rings is 1. The first-order valence-corrected chi connectivity index (χ1v) is 6.27. The van der Waals surface area contributed by atoms with Crippen LogP contribution >= 0.6 is 0 Å². The molecule has 0 aliphatic carbocycles. The second-order valence-corrected chi connectivity index (χ2v) is 4.76. The number of nitrogens with one attached hydrogen (secondary N) is 2. The maximum atomic E-state index is 11.4. The summed E-state index contributed by atoms with van der Waals surface area (Å²) in [7, 11) is 1.72. The molecule has 0 bridgehead atoms. The van der Waals surface area contributed by atoms with Crippen molar-refractivity contribution in [2.24, 2.45) is 5.84 Å². The summed E-state index contributed by atoms with van der Waals surface area (Å²) in [6.45, 7) is 0.524. The van der Waals surface area contributed by atoms with Crippen molar-refractivity contribution in [2.45, 2.75) is 18.9 Å². The summed E-state index contributed by atoms with van der Waals surface area (Å²) in [4.78, 5) is 23.7. The van der Waals surface area contributed by atoms with Crippen molar-refractivity contribution in [1.82, 2.24) is 4.90 Å². The predicted octanol–water partition coefficient (Wildman–Crippen LogP) is 0.913. The lowest BCUT2D eigenvalue weighted by molar-refractivity contribution is -0.383. The molecular formula is C12H17N5O3. The molecule has 0 radical (unpaired) electrons. The molecule has 1 fully saturated rings. The van der Waals surface area contributed by atoms with E-state index in [-0.39, 0.29) is 23.3 Å². The van der Waals surface area contributed by atoms with Crippen LogP contribution in [0.5, 0.6) is 0 Å².